The quantitative estimate of drug-likeness (QED) is 0.483. The number of nitrogens with zero attached hydrogens (tertiary/aromatic N) is 2. The number of carbonyl (C=O) groups excluding carboxylic acids is 2. The van der Waals surface area contributed by atoms with Gasteiger partial charge >= 0.3 is 0 Å². The van der Waals surface area contributed by atoms with Gasteiger partial charge in [-0.3, -0.25) is 14.5 Å². The highest BCUT2D eigenvalue weighted by Gasteiger charge is 2.44. The summed E-state index contributed by atoms with van der Waals surface area (Å²) < 4.78 is 29.5. The Morgan fingerprint density at radius 2 is 1.81 bits per heavy atom. The van der Waals surface area contributed by atoms with Gasteiger partial charge in [0, 0.05) is 12.2 Å². The number of benzene rings is 3. The molecule has 0 radical (unpaired) electrons. The third-order valence-corrected chi connectivity index (χ3v) is 6.36. The highest BCUT2D eigenvalue weighted by Crippen LogP contribution is 2.34. The number of fused-ring (bicyclic) bond motifs is 1. The Balaban J connectivity index is 1.40. The molecule has 36 heavy (non-hydrogen) atoms. The maximum Gasteiger partial charge on any atom is 0.256 e. The van der Waals surface area contributed by atoms with Crippen molar-refractivity contribution in [2.75, 3.05) is 24.1 Å². The van der Waals surface area contributed by atoms with E-state index in [1.807, 2.05) is 12.1 Å². The van der Waals surface area contributed by atoms with Crippen LogP contribution in [0.1, 0.15) is 12.0 Å². The Kier molecular flexibility index (Phi) is 6.43. The maximum atomic E-state index is 13.5. The number of amides is 2. The number of hydrogen-bond donors (Lipinski definition) is 1. The molecule has 3 aromatic rings. The molecule has 2 heterocycles. The van der Waals surface area contributed by atoms with Crippen molar-refractivity contribution in [1.82, 2.24) is 4.90 Å². The van der Waals surface area contributed by atoms with Gasteiger partial charge in [0.1, 0.15) is 17.6 Å². The van der Waals surface area contributed by atoms with Crippen molar-refractivity contribution in [2.24, 2.45) is 0 Å². The first-order chi connectivity index (χ1) is 17.4. The van der Waals surface area contributed by atoms with Crippen molar-refractivity contribution in [3.63, 3.8) is 0 Å². The van der Waals surface area contributed by atoms with Crippen LogP contribution in [0.5, 0.6) is 17.2 Å². The molecule has 1 saturated heterocycles. The van der Waals surface area contributed by atoms with Gasteiger partial charge in [-0.15, -0.1) is 0 Å². The fraction of sp³-hybridized carbons (Fsp3) is 0.192. The number of carbonyl (C=O) groups is 2. The van der Waals surface area contributed by atoms with Gasteiger partial charge in [-0.25, -0.2) is 4.39 Å². The lowest BCUT2D eigenvalue weighted by Gasteiger charge is -2.24. The second kappa shape index (κ2) is 9.82. The summed E-state index contributed by atoms with van der Waals surface area (Å²) in [5.41, 5.74) is 1.84. The van der Waals surface area contributed by atoms with Crippen molar-refractivity contribution in [2.45, 2.75) is 19.0 Å². The van der Waals surface area contributed by atoms with Gasteiger partial charge in [-0.1, -0.05) is 6.07 Å². The van der Waals surface area contributed by atoms with E-state index in [1.165, 1.54) is 29.2 Å². The maximum absolute atomic E-state index is 13.5. The molecule has 0 aliphatic carbocycles. The number of hydrogen-bond acceptors (Lipinski definition) is 6. The summed E-state index contributed by atoms with van der Waals surface area (Å²) in [6.45, 7) is 0.408. The first-order valence-corrected chi connectivity index (χ1v) is 11.6. The van der Waals surface area contributed by atoms with E-state index < -0.39 is 11.9 Å². The van der Waals surface area contributed by atoms with Crippen molar-refractivity contribution in [3.05, 3.63) is 78.1 Å². The van der Waals surface area contributed by atoms with Crippen LogP contribution in [0.4, 0.5) is 15.8 Å². The number of rotatable bonds is 7. The minimum Gasteiger partial charge on any atom is -0.497 e. The molecular weight excluding hydrogens is 485 g/mol. The fourth-order valence-corrected chi connectivity index (χ4v) is 4.53. The van der Waals surface area contributed by atoms with Gasteiger partial charge in [0.15, 0.2) is 16.6 Å². The van der Waals surface area contributed by atoms with E-state index >= 15 is 0 Å². The monoisotopic (exact) mass is 507 g/mol. The predicted octanol–water partition coefficient (Wildman–Crippen LogP) is 4.09. The Hall–Kier alpha value is -4.18. The zero-order valence-corrected chi connectivity index (χ0v) is 20.1. The number of nitrogens with one attached hydrogen (secondary N) is 1. The molecule has 5 rings (SSSR count). The number of thiocarbonyl (C=S) groups is 1. The van der Waals surface area contributed by atoms with Crippen LogP contribution in [0.3, 0.4) is 0 Å². The second-order valence-electron chi connectivity index (χ2n) is 8.24. The molecule has 0 saturated carbocycles. The standard InChI is InChI=1S/C26H22FN3O5S/c1-33-20-9-5-18(6-10-20)28-24(31)13-21-25(32)30(19-7-3-17(27)4-8-19)26(36)29(21)14-16-2-11-22-23(12-16)35-15-34-22/h2-12,21H,13-15H2,1H3,(H,28,31)/t21-/m0/s1. The first kappa shape index (κ1) is 23.6. The highest BCUT2D eigenvalue weighted by molar-refractivity contribution is 7.80. The average molecular weight is 508 g/mol. The summed E-state index contributed by atoms with van der Waals surface area (Å²) in [5, 5.41) is 3.04. The molecule has 2 aliphatic heterocycles. The zero-order valence-electron chi connectivity index (χ0n) is 19.3. The normalized spacial score (nSPS) is 16.4. The predicted molar refractivity (Wildman–Crippen MR) is 135 cm³/mol. The minimum atomic E-state index is -0.855. The molecule has 1 fully saturated rings. The van der Waals surface area contributed by atoms with E-state index in [2.05, 4.69) is 5.32 Å². The fourth-order valence-electron chi connectivity index (χ4n) is 4.14. The van der Waals surface area contributed by atoms with Crippen LogP contribution < -0.4 is 24.4 Å². The Bertz CT molecular complexity index is 1320. The average Bonchev–Trinajstić information content (AvgIpc) is 3.43. The number of methoxy groups -OCH3 is 1. The van der Waals surface area contributed by atoms with Crippen LogP contribution in [-0.2, 0) is 16.1 Å². The van der Waals surface area contributed by atoms with E-state index in [0.29, 0.717) is 28.6 Å². The SMILES string of the molecule is COc1ccc(NC(=O)C[C@H]2C(=O)N(c3ccc(F)cc3)C(=S)N2Cc2ccc3c(c2)OCO3)cc1. The van der Waals surface area contributed by atoms with Crippen molar-refractivity contribution in [3.8, 4) is 17.2 Å². The van der Waals surface area contributed by atoms with Gasteiger partial charge in [0.2, 0.25) is 12.7 Å². The molecule has 10 heteroatoms. The molecule has 3 aromatic carbocycles. The molecule has 184 valence electrons. The Labute approximate surface area is 212 Å². The molecule has 0 spiro atoms. The van der Waals surface area contributed by atoms with E-state index in [0.717, 1.165) is 5.56 Å². The van der Waals surface area contributed by atoms with Crippen LogP contribution in [0, 0.1) is 5.82 Å². The summed E-state index contributed by atoms with van der Waals surface area (Å²) in [5.74, 6) is 0.767. The van der Waals surface area contributed by atoms with E-state index in [1.54, 1.807) is 42.3 Å². The second-order valence-corrected chi connectivity index (χ2v) is 8.61. The lowest BCUT2D eigenvalue weighted by Crippen LogP contribution is -2.37. The molecule has 1 N–H and O–H groups in total. The van der Waals surface area contributed by atoms with Crippen LogP contribution in [0.25, 0.3) is 0 Å². The van der Waals surface area contributed by atoms with E-state index in [4.69, 9.17) is 26.4 Å². The third-order valence-electron chi connectivity index (χ3n) is 5.95. The smallest absolute Gasteiger partial charge is 0.256 e. The lowest BCUT2D eigenvalue weighted by atomic mass is 10.1. The molecule has 2 amide bonds. The van der Waals surface area contributed by atoms with Crippen molar-refractivity contribution < 1.29 is 28.2 Å². The summed E-state index contributed by atoms with van der Waals surface area (Å²) in [6, 6.07) is 17.0. The first-order valence-electron chi connectivity index (χ1n) is 11.2. The van der Waals surface area contributed by atoms with Gasteiger partial charge < -0.3 is 24.4 Å². The Morgan fingerprint density at radius 3 is 2.53 bits per heavy atom. The van der Waals surface area contributed by atoms with Gasteiger partial charge in [0.05, 0.1) is 19.2 Å². The third kappa shape index (κ3) is 4.67. The topological polar surface area (TPSA) is 80.3 Å². The molecule has 1 atom stereocenters. The molecule has 0 aromatic heterocycles. The van der Waals surface area contributed by atoms with E-state index in [9.17, 15) is 14.0 Å². The van der Waals surface area contributed by atoms with Crippen LogP contribution >= 0.6 is 12.2 Å². The van der Waals surface area contributed by atoms with Crippen molar-refractivity contribution in [1.29, 1.82) is 0 Å². The number of halogens is 1. The highest BCUT2D eigenvalue weighted by atomic mass is 32.1. The summed E-state index contributed by atoms with van der Waals surface area (Å²) in [6.07, 6.45) is -0.132. The van der Waals surface area contributed by atoms with E-state index in [-0.39, 0.29) is 36.7 Å². The zero-order chi connectivity index (χ0) is 25.2. The minimum absolute atomic E-state index is 0.132. The van der Waals surface area contributed by atoms with Crippen LogP contribution in [0.15, 0.2) is 66.7 Å². The van der Waals surface area contributed by atoms with Gasteiger partial charge in [-0.05, 0) is 78.4 Å². The number of anilines is 2. The summed E-state index contributed by atoms with van der Waals surface area (Å²) >= 11 is 5.68. The Morgan fingerprint density at radius 1 is 1.08 bits per heavy atom. The van der Waals surface area contributed by atoms with Gasteiger partial charge in [0.25, 0.3) is 5.91 Å². The molecule has 0 bridgehead atoms. The summed E-state index contributed by atoms with van der Waals surface area (Å²) in [4.78, 5) is 29.5. The largest absolute Gasteiger partial charge is 0.497 e. The van der Waals surface area contributed by atoms with Crippen LogP contribution in [0.2, 0.25) is 0 Å². The molecule has 2 aliphatic rings. The molecular formula is C26H22FN3O5S. The lowest BCUT2D eigenvalue weighted by molar-refractivity contribution is -0.124. The summed E-state index contributed by atoms with van der Waals surface area (Å²) in [7, 11) is 1.56. The number of ether oxygens (including phenoxy) is 3. The molecule has 0 unspecified atom stereocenters. The van der Waals surface area contributed by atoms with Gasteiger partial charge in [-0.2, -0.15) is 0 Å². The van der Waals surface area contributed by atoms with Crippen LogP contribution in [-0.4, -0.2) is 41.8 Å². The molecule has 8 nitrogen and oxygen atoms in total. The van der Waals surface area contributed by atoms with Crippen molar-refractivity contribution >= 4 is 40.5 Å².